The molecule has 2 fully saturated rings. The molecule has 1 N–H and O–H groups in total. The summed E-state index contributed by atoms with van der Waals surface area (Å²) in [6.07, 6.45) is 1.32. The summed E-state index contributed by atoms with van der Waals surface area (Å²) < 4.78 is 0. The lowest BCUT2D eigenvalue weighted by atomic mass is 9.78. The molecule has 2 aromatic rings. The van der Waals surface area contributed by atoms with Crippen molar-refractivity contribution in [1.82, 2.24) is 20.0 Å². The summed E-state index contributed by atoms with van der Waals surface area (Å²) >= 11 is 0. The molecule has 0 saturated carbocycles. The largest absolute Gasteiger partial charge is 0.355 e. The van der Waals surface area contributed by atoms with Crippen LogP contribution >= 0.6 is 0 Å². The molecule has 2 heterocycles. The van der Waals surface area contributed by atoms with Gasteiger partial charge in [0, 0.05) is 56.3 Å². The first-order valence-corrected chi connectivity index (χ1v) is 12.0. The number of nitrogens with zero attached hydrogens (tertiary/aromatic N) is 3. The molecule has 2 aromatic carbocycles. The minimum atomic E-state index is -0.474. The third-order valence-electron chi connectivity index (χ3n) is 7.39. The molecule has 2 aliphatic rings. The number of piperidine rings is 1. The molecule has 7 nitrogen and oxygen atoms in total. The Hall–Kier alpha value is -3.19. The number of likely N-dealkylation sites (N-methyl/N-ethyl adjacent to an activating group) is 1. The van der Waals surface area contributed by atoms with Crippen LogP contribution in [-0.2, 0) is 4.79 Å². The van der Waals surface area contributed by atoms with Crippen molar-refractivity contribution in [2.75, 3.05) is 46.8 Å². The minimum absolute atomic E-state index is 0.0330. The number of benzene rings is 2. The molecule has 0 bridgehead atoms. The van der Waals surface area contributed by atoms with Crippen molar-refractivity contribution in [3.05, 3.63) is 71.3 Å². The number of amides is 3. The highest BCUT2D eigenvalue weighted by molar-refractivity contribution is 5.95. The van der Waals surface area contributed by atoms with Gasteiger partial charge in [0.25, 0.3) is 11.8 Å². The van der Waals surface area contributed by atoms with Gasteiger partial charge in [-0.1, -0.05) is 37.3 Å². The Balaban J connectivity index is 1.43. The maximum absolute atomic E-state index is 13.7. The molecule has 2 aliphatic heterocycles. The smallest absolute Gasteiger partial charge is 0.253 e. The lowest BCUT2D eigenvalue weighted by Gasteiger charge is -2.45. The van der Waals surface area contributed by atoms with Crippen LogP contribution in [-0.4, -0.2) is 79.2 Å². The number of likely N-dealkylation sites (tertiary alicyclic amines) is 1. The van der Waals surface area contributed by atoms with Gasteiger partial charge in [-0.2, -0.15) is 0 Å². The first-order valence-electron chi connectivity index (χ1n) is 12.0. The Bertz CT molecular complexity index is 1050. The second-order valence-corrected chi connectivity index (χ2v) is 9.67. The van der Waals surface area contributed by atoms with Gasteiger partial charge in [-0.3, -0.25) is 19.3 Å². The molecular weight excluding hydrogens is 428 g/mol. The average Bonchev–Trinajstić information content (AvgIpc) is 2.88. The van der Waals surface area contributed by atoms with Crippen LogP contribution in [0.5, 0.6) is 0 Å². The van der Waals surface area contributed by atoms with Crippen molar-refractivity contribution in [2.24, 2.45) is 5.41 Å². The third-order valence-corrected chi connectivity index (χ3v) is 7.39. The van der Waals surface area contributed by atoms with Gasteiger partial charge in [0.1, 0.15) is 0 Å². The molecule has 0 aromatic heterocycles. The molecule has 3 amide bonds. The van der Waals surface area contributed by atoms with E-state index in [1.807, 2.05) is 65.3 Å². The second kappa shape index (κ2) is 9.97. The van der Waals surface area contributed by atoms with Crippen LogP contribution in [0.2, 0.25) is 0 Å². The van der Waals surface area contributed by atoms with Crippen LogP contribution in [0.3, 0.4) is 0 Å². The molecule has 0 spiro atoms. The van der Waals surface area contributed by atoms with Crippen LogP contribution < -0.4 is 5.32 Å². The van der Waals surface area contributed by atoms with Crippen molar-refractivity contribution >= 4 is 17.7 Å². The number of carbonyl (C=O) groups excluding carboxylic acids is 3. The number of carbonyl (C=O) groups is 3. The summed E-state index contributed by atoms with van der Waals surface area (Å²) in [5, 5.41) is 2.67. The van der Waals surface area contributed by atoms with Gasteiger partial charge >= 0.3 is 0 Å². The highest BCUT2D eigenvalue weighted by Gasteiger charge is 2.42. The summed E-state index contributed by atoms with van der Waals surface area (Å²) in [6.45, 7) is 5.26. The maximum atomic E-state index is 13.7. The zero-order valence-electron chi connectivity index (χ0n) is 20.3. The number of nitrogens with one attached hydrogen (secondary N) is 1. The number of rotatable bonds is 4. The zero-order valence-corrected chi connectivity index (χ0v) is 20.3. The highest BCUT2D eigenvalue weighted by Crippen LogP contribution is 2.35. The Morgan fingerprint density at radius 1 is 0.882 bits per heavy atom. The molecule has 1 atom stereocenters. The second-order valence-electron chi connectivity index (χ2n) is 9.67. The molecule has 2 saturated heterocycles. The van der Waals surface area contributed by atoms with E-state index in [2.05, 4.69) is 17.3 Å². The van der Waals surface area contributed by atoms with E-state index in [-0.39, 0.29) is 23.8 Å². The normalized spacial score (nSPS) is 20.6. The van der Waals surface area contributed by atoms with Crippen molar-refractivity contribution in [3.63, 3.8) is 0 Å². The van der Waals surface area contributed by atoms with E-state index in [9.17, 15) is 14.4 Å². The minimum Gasteiger partial charge on any atom is -0.355 e. The monoisotopic (exact) mass is 462 g/mol. The summed E-state index contributed by atoms with van der Waals surface area (Å²) in [6, 6.07) is 17.0. The van der Waals surface area contributed by atoms with E-state index in [1.165, 1.54) is 0 Å². The Morgan fingerprint density at radius 3 is 2.24 bits per heavy atom. The van der Waals surface area contributed by atoms with Crippen molar-refractivity contribution in [3.8, 4) is 0 Å². The number of hydrogen-bond acceptors (Lipinski definition) is 4. The van der Waals surface area contributed by atoms with Gasteiger partial charge in [-0.25, -0.2) is 0 Å². The first kappa shape index (κ1) is 24.0. The number of piperazine rings is 1. The van der Waals surface area contributed by atoms with Gasteiger partial charge in [0.15, 0.2) is 0 Å². The number of hydrogen-bond donors (Lipinski definition) is 1. The van der Waals surface area contributed by atoms with Gasteiger partial charge in [-0.15, -0.1) is 0 Å². The molecule has 1 unspecified atom stereocenters. The molecule has 0 radical (unpaired) electrons. The van der Waals surface area contributed by atoms with Crippen molar-refractivity contribution < 1.29 is 14.4 Å². The predicted molar refractivity (Wildman–Crippen MR) is 131 cm³/mol. The predicted octanol–water partition coefficient (Wildman–Crippen LogP) is 2.80. The van der Waals surface area contributed by atoms with Gasteiger partial charge in [0.2, 0.25) is 5.91 Å². The Labute approximate surface area is 201 Å². The molecule has 7 heteroatoms. The lowest BCUT2D eigenvalue weighted by Crippen LogP contribution is -2.55. The molecule has 4 rings (SSSR count). The molecular formula is C27H34N4O3. The lowest BCUT2D eigenvalue weighted by molar-refractivity contribution is -0.146. The van der Waals surface area contributed by atoms with Crippen LogP contribution in [0.4, 0.5) is 0 Å². The first-order chi connectivity index (χ1) is 16.3. The van der Waals surface area contributed by atoms with Crippen LogP contribution in [0.15, 0.2) is 54.6 Å². The van der Waals surface area contributed by atoms with Gasteiger partial charge < -0.3 is 15.1 Å². The van der Waals surface area contributed by atoms with Crippen LogP contribution in [0.25, 0.3) is 0 Å². The zero-order chi connectivity index (χ0) is 24.3. The highest BCUT2D eigenvalue weighted by atomic mass is 16.2. The molecule has 0 aliphatic carbocycles. The van der Waals surface area contributed by atoms with E-state index < -0.39 is 5.41 Å². The van der Waals surface area contributed by atoms with E-state index in [0.29, 0.717) is 50.1 Å². The summed E-state index contributed by atoms with van der Waals surface area (Å²) in [5.41, 5.74) is 1.88. The van der Waals surface area contributed by atoms with Gasteiger partial charge in [0.05, 0.1) is 6.04 Å². The van der Waals surface area contributed by atoms with Crippen molar-refractivity contribution in [2.45, 2.75) is 25.8 Å². The summed E-state index contributed by atoms with van der Waals surface area (Å²) in [5.74, 6) is 0.0863. The topological polar surface area (TPSA) is 73.0 Å². The van der Waals surface area contributed by atoms with E-state index in [1.54, 1.807) is 13.1 Å². The Kier molecular flexibility index (Phi) is 7.03. The fraction of sp³-hybridized carbons (Fsp3) is 0.444. The van der Waals surface area contributed by atoms with Gasteiger partial charge in [-0.05, 0) is 49.7 Å². The fourth-order valence-electron chi connectivity index (χ4n) is 5.01. The van der Waals surface area contributed by atoms with Crippen LogP contribution in [0.1, 0.15) is 52.1 Å². The Morgan fingerprint density at radius 2 is 1.56 bits per heavy atom. The third kappa shape index (κ3) is 4.85. The van der Waals surface area contributed by atoms with E-state index >= 15 is 0 Å². The molecule has 34 heavy (non-hydrogen) atoms. The average molecular weight is 463 g/mol. The fourth-order valence-corrected chi connectivity index (χ4v) is 5.01. The SMILES string of the molecule is CNC(=O)c1cccc(C2CN(C(=O)C3(C)CCN(C(=O)c4ccccc4)CC3)CCN2C)c1. The summed E-state index contributed by atoms with van der Waals surface area (Å²) in [7, 11) is 3.69. The standard InChI is InChI=1S/C27H34N4O3/c1-27(12-14-30(15-13-27)25(33)20-8-5-4-6-9-20)26(34)31-17-16-29(3)23(19-31)21-10-7-11-22(18-21)24(32)28-2/h4-11,18,23H,12-17,19H2,1-3H3,(H,28,32). The van der Waals surface area contributed by atoms with E-state index in [4.69, 9.17) is 0 Å². The summed E-state index contributed by atoms with van der Waals surface area (Å²) in [4.78, 5) is 44.7. The van der Waals surface area contributed by atoms with E-state index in [0.717, 1.165) is 12.1 Å². The molecule has 180 valence electrons. The quantitative estimate of drug-likeness (QED) is 0.759. The van der Waals surface area contributed by atoms with Crippen molar-refractivity contribution in [1.29, 1.82) is 0 Å². The van der Waals surface area contributed by atoms with Crippen LogP contribution in [0, 0.1) is 5.41 Å². The maximum Gasteiger partial charge on any atom is 0.253 e.